The summed E-state index contributed by atoms with van der Waals surface area (Å²) in [6.07, 6.45) is 2.81. The van der Waals surface area contributed by atoms with Crippen LogP contribution in [-0.4, -0.2) is 163 Å². The van der Waals surface area contributed by atoms with Gasteiger partial charge in [-0.3, -0.25) is 45.5 Å². The summed E-state index contributed by atoms with van der Waals surface area (Å²) < 4.78 is 146. The normalized spacial score (nSPS) is 9.59. The van der Waals surface area contributed by atoms with Crippen molar-refractivity contribution in [3.8, 4) is 0 Å². The highest BCUT2D eigenvalue weighted by Crippen LogP contribution is 2.20. The molecule has 30 heteroatoms. The molecule has 418 valence electrons. The van der Waals surface area contributed by atoms with E-state index in [4.69, 9.17) is 0 Å². The number of halogens is 2. The molecule has 0 aliphatic rings. The highest BCUT2D eigenvalue weighted by atomic mass is 32.2. The van der Waals surface area contributed by atoms with Crippen molar-refractivity contribution in [3.05, 3.63) is 0 Å². The molecule has 0 bridgehead atoms. The molecule has 0 aliphatic heterocycles. The molecule has 0 unspecified atom stereocenters. The molecule has 0 spiro atoms. The highest BCUT2D eigenvalue weighted by Gasteiger charge is 2.39. The fourth-order valence-electron chi connectivity index (χ4n) is 1.37. The Morgan fingerprint density at radius 1 is 0.338 bits per heavy atom. The lowest BCUT2D eigenvalue weighted by Gasteiger charge is -2.07. The van der Waals surface area contributed by atoms with Gasteiger partial charge in [0.2, 0.25) is 0 Å². The molecule has 0 aromatic rings. The minimum absolute atomic E-state index is 0.0451. The van der Waals surface area contributed by atoms with E-state index in [0.717, 1.165) is 21.3 Å². The number of rotatable bonds is 14. The average Bonchev–Trinajstić information content (AvgIpc) is 3.36. The molecule has 0 aromatic carbocycles. The maximum Gasteiger partial charge on any atom is 0.367 e. The lowest BCUT2D eigenvalue weighted by Crippen LogP contribution is -2.25. The van der Waals surface area contributed by atoms with Crippen molar-refractivity contribution in [1.29, 1.82) is 0 Å². The van der Waals surface area contributed by atoms with Gasteiger partial charge in [-0.15, -0.1) is 0 Å². The first kappa shape index (κ1) is 90.7. The Hall–Kier alpha value is -3.68. The Morgan fingerprint density at radius 2 is 0.471 bits per heavy atom. The molecule has 0 atom stereocenters. The van der Waals surface area contributed by atoms with E-state index >= 15 is 0 Å². The van der Waals surface area contributed by atoms with Gasteiger partial charge in [-0.1, -0.05) is 55.4 Å². The summed E-state index contributed by atoms with van der Waals surface area (Å²) in [5.74, 6) is -0.809. The zero-order chi connectivity index (χ0) is 57.4. The van der Waals surface area contributed by atoms with E-state index in [1.54, 1.807) is 41.5 Å². The zero-order valence-corrected chi connectivity index (χ0v) is 47.3. The Morgan fingerprint density at radius 3 is 0.471 bits per heavy atom. The van der Waals surface area contributed by atoms with Crippen LogP contribution < -0.4 is 0 Å². The summed E-state index contributed by atoms with van der Waals surface area (Å²) in [6.45, 7) is 19.4. The average molecular weight is 1090 g/mol. The summed E-state index contributed by atoms with van der Waals surface area (Å²) in [5, 5.41) is -3.80. The predicted octanol–water partition coefficient (Wildman–Crippen LogP) is 4.97. The summed E-state index contributed by atoms with van der Waals surface area (Å²) in [6, 6.07) is 0. The van der Waals surface area contributed by atoms with Crippen LogP contribution in [0.15, 0.2) is 0 Å². The van der Waals surface area contributed by atoms with Crippen molar-refractivity contribution in [2.24, 2.45) is 0 Å². The monoisotopic (exact) mass is 1090 g/mol. The second kappa shape index (κ2) is 61.3. The zero-order valence-electron chi connectivity index (χ0n) is 44.1. The molecule has 68 heavy (non-hydrogen) atoms. The second-order valence-corrected chi connectivity index (χ2v) is 18.1. The third kappa shape index (κ3) is 92.5. The van der Waals surface area contributed by atoms with E-state index in [0.29, 0.717) is 45.6 Å². The molecule has 0 aliphatic carbocycles. The number of hydrogen-bond donors (Lipinski definition) is 0. The lowest BCUT2D eigenvalue weighted by atomic mass is 10.5. The van der Waals surface area contributed by atoms with E-state index < -0.39 is 45.7 Å². The van der Waals surface area contributed by atoms with Gasteiger partial charge < -0.3 is 28.4 Å². The number of methoxy groups -OCH3 is 6. The molecule has 0 saturated heterocycles. The minimum atomic E-state index is -4.67. The summed E-state index contributed by atoms with van der Waals surface area (Å²) >= 11 is 0. The van der Waals surface area contributed by atoms with Crippen LogP contribution in [0.2, 0.25) is 0 Å². The van der Waals surface area contributed by atoms with Crippen LogP contribution in [0.25, 0.3) is 0 Å². The fourth-order valence-corrected chi connectivity index (χ4v) is 2.37. The van der Waals surface area contributed by atoms with Crippen molar-refractivity contribution >= 4 is 76.3 Å². The quantitative estimate of drug-likeness (QED) is 0.126. The van der Waals surface area contributed by atoms with Gasteiger partial charge in [0.05, 0.1) is 88.4 Å². The van der Waals surface area contributed by atoms with Crippen LogP contribution in [0.5, 0.6) is 0 Å². The van der Waals surface area contributed by atoms with Gasteiger partial charge in [0, 0.05) is 45.4 Å². The Bertz CT molecular complexity index is 1360. The smallest absolute Gasteiger partial charge is 0.367 e. The van der Waals surface area contributed by atoms with Gasteiger partial charge in [0.25, 0.3) is 30.4 Å². The summed E-state index contributed by atoms with van der Waals surface area (Å²) in [4.78, 5) is 59.8. The number of carbonyl (C=O) groups excluding carboxylic acids is 6. The van der Waals surface area contributed by atoms with Crippen LogP contribution in [0, 0.1) is 0 Å². The Balaban J connectivity index is -0.0000000589. The third-order valence-electron chi connectivity index (χ3n) is 5.58. The molecule has 0 radical (unpaired) electrons. The van der Waals surface area contributed by atoms with E-state index in [2.05, 4.69) is 45.2 Å². The standard InChI is InChI=1S/6C4H8O2.C3H6F2O3S.3C3H8O3S.C2H6/c6*1-3-4(5)6-2;1-3(4,5)9(6,7)8-2;3*1-3-7(4,5)6-2;1-2/h6*3H2,1-2H3;1-2H3;3*3H2,1-2H3;1-2H3. The number of carbonyl (C=O) groups is 6. The van der Waals surface area contributed by atoms with Gasteiger partial charge in [0.1, 0.15) is 0 Å². The topological polar surface area (TPSA) is 331 Å². The summed E-state index contributed by atoms with van der Waals surface area (Å²) in [5.41, 5.74) is 0. The molecule has 0 heterocycles. The molecule has 0 fully saturated rings. The van der Waals surface area contributed by atoms with Gasteiger partial charge in [-0.2, -0.15) is 42.5 Å². The number of esters is 6. The number of alkyl halides is 2. The Labute approximate surface area is 406 Å². The van der Waals surface area contributed by atoms with E-state index in [-0.39, 0.29) is 60.0 Å². The molecule has 0 amide bonds. The van der Waals surface area contributed by atoms with Crippen molar-refractivity contribution < 1.29 is 116 Å². The van der Waals surface area contributed by atoms with Gasteiger partial charge in [-0.25, -0.2) is 0 Å². The highest BCUT2D eigenvalue weighted by molar-refractivity contribution is 7.88. The van der Waals surface area contributed by atoms with Crippen LogP contribution >= 0.6 is 0 Å². The first-order chi connectivity index (χ1) is 31.0. The van der Waals surface area contributed by atoms with Crippen molar-refractivity contribution in [2.75, 3.05) is 88.4 Å². The number of hydrogen-bond acceptors (Lipinski definition) is 24. The van der Waals surface area contributed by atoms with Gasteiger partial charge in [-0.05, 0) is 20.8 Å². The van der Waals surface area contributed by atoms with Gasteiger partial charge in [0.15, 0.2) is 0 Å². The molecular formula is C38H84F2O24S4. The molecule has 0 aromatic heterocycles. The molecule has 0 saturated carbocycles. The van der Waals surface area contributed by atoms with Crippen LogP contribution in [0.3, 0.4) is 0 Å². The predicted molar refractivity (Wildman–Crippen MR) is 251 cm³/mol. The second-order valence-electron chi connectivity index (χ2n) is 10.0. The largest absolute Gasteiger partial charge is 0.469 e. The number of ether oxygens (including phenoxy) is 6. The first-order valence-electron chi connectivity index (χ1n) is 20.0. The SMILES string of the molecule is CC.CCC(=O)OC.CCC(=O)OC.CCC(=O)OC.CCC(=O)OC.CCC(=O)OC.CCC(=O)OC.CCS(=O)(=O)OC.CCS(=O)(=O)OC.CCS(=O)(=O)OC.COS(=O)(=O)C(C)(F)F. The molecule has 24 nitrogen and oxygen atoms in total. The van der Waals surface area contributed by atoms with E-state index in [1.165, 1.54) is 63.4 Å². The van der Waals surface area contributed by atoms with Crippen molar-refractivity contribution in [2.45, 2.75) is 127 Å². The lowest BCUT2D eigenvalue weighted by molar-refractivity contribution is -0.141. The van der Waals surface area contributed by atoms with Crippen molar-refractivity contribution in [1.82, 2.24) is 0 Å². The fraction of sp³-hybridized carbons (Fsp3) is 0.842. The van der Waals surface area contributed by atoms with Crippen LogP contribution in [0.1, 0.15) is 122 Å². The summed E-state index contributed by atoms with van der Waals surface area (Å²) in [7, 11) is -1.71. The third-order valence-corrected chi connectivity index (χ3v) is 10.5. The van der Waals surface area contributed by atoms with E-state index in [9.17, 15) is 71.2 Å². The minimum Gasteiger partial charge on any atom is -0.469 e. The Kier molecular flexibility index (Phi) is 81.8. The maximum atomic E-state index is 11.8. The maximum absolute atomic E-state index is 11.8. The van der Waals surface area contributed by atoms with Crippen molar-refractivity contribution in [3.63, 3.8) is 0 Å². The van der Waals surface area contributed by atoms with Crippen LogP contribution in [0.4, 0.5) is 8.78 Å². The molecule has 0 N–H and O–H groups in total. The van der Waals surface area contributed by atoms with Crippen LogP contribution in [-0.2, 0) is 114 Å². The first-order valence-corrected chi connectivity index (χ1v) is 26.1. The van der Waals surface area contributed by atoms with E-state index in [1.807, 2.05) is 13.8 Å². The van der Waals surface area contributed by atoms with Gasteiger partial charge >= 0.3 is 51.2 Å². The molecule has 0 rings (SSSR count). The molecular weight excluding hydrogens is 1010 g/mol.